The van der Waals surface area contributed by atoms with Gasteiger partial charge in [0.1, 0.15) is 24.2 Å². The Balaban J connectivity index is 2.40. The van der Waals surface area contributed by atoms with Crippen molar-refractivity contribution in [3.8, 4) is 5.75 Å². The van der Waals surface area contributed by atoms with E-state index in [0.717, 1.165) is 17.0 Å². The molecule has 0 heterocycles. The van der Waals surface area contributed by atoms with Crippen molar-refractivity contribution in [1.29, 1.82) is 0 Å². The third-order valence-electron chi connectivity index (χ3n) is 5.24. The predicted molar refractivity (Wildman–Crippen MR) is 130 cm³/mol. The second kappa shape index (κ2) is 12.4. The molecule has 1 N–H and O–H groups in total. The average molecular weight is 494 g/mol. The summed E-state index contributed by atoms with van der Waals surface area (Å²) in [6.45, 7) is 3.68. The minimum atomic E-state index is -3.82. The van der Waals surface area contributed by atoms with Crippen molar-refractivity contribution in [3.63, 3.8) is 0 Å². The van der Waals surface area contributed by atoms with Gasteiger partial charge in [0, 0.05) is 13.1 Å². The molecule has 0 saturated heterocycles. The molecule has 0 unspecified atom stereocenters. The molecule has 0 radical (unpaired) electrons. The van der Waals surface area contributed by atoms with E-state index in [-0.39, 0.29) is 12.5 Å². The number of benzene rings is 2. The molecule has 0 aliphatic rings. The van der Waals surface area contributed by atoms with E-state index in [2.05, 4.69) is 5.32 Å². The summed E-state index contributed by atoms with van der Waals surface area (Å²) in [5.41, 5.74) is 0.911. The van der Waals surface area contributed by atoms with Crippen molar-refractivity contribution in [1.82, 2.24) is 10.2 Å². The van der Waals surface area contributed by atoms with Gasteiger partial charge in [-0.3, -0.25) is 13.9 Å². The van der Waals surface area contributed by atoms with Gasteiger partial charge in [-0.25, -0.2) is 12.8 Å². The highest BCUT2D eigenvalue weighted by Crippen LogP contribution is 2.22. The van der Waals surface area contributed by atoms with Gasteiger partial charge in [0.15, 0.2) is 0 Å². The largest absolute Gasteiger partial charge is 0.497 e. The van der Waals surface area contributed by atoms with E-state index >= 15 is 0 Å². The van der Waals surface area contributed by atoms with Crippen LogP contribution in [0.2, 0.25) is 0 Å². The first-order chi connectivity index (χ1) is 16.1. The highest BCUT2D eigenvalue weighted by molar-refractivity contribution is 7.92. The van der Waals surface area contributed by atoms with Crippen LogP contribution in [0.3, 0.4) is 0 Å². The van der Waals surface area contributed by atoms with E-state index < -0.39 is 34.3 Å². The SMILES string of the molecule is CCCNC(=O)[C@H](CC)N(Cc1ccc(F)cc1)C(=O)CN(c1ccc(OC)cc1)S(C)(=O)=O. The van der Waals surface area contributed by atoms with Gasteiger partial charge in [0.2, 0.25) is 21.8 Å². The van der Waals surface area contributed by atoms with Crippen LogP contribution in [0.1, 0.15) is 32.3 Å². The Morgan fingerprint density at radius 1 is 1.06 bits per heavy atom. The Bertz CT molecular complexity index is 1060. The third kappa shape index (κ3) is 7.44. The Morgan fingerprint density at radius 2 is 1.68 bits per heavy atom. The molecule has 2 amide bonds. The maximum absolute atomic E-state index is 13.5. The fraction of sp³-hybridized carbons (Fsp3) is 0.417. The lowest BCUT2D eigenvalue weighted by molar-refractivity contribution is -0.140. The van der Waals surface area contributed by atoms with Crippen molar-refractivity contribution in [3.05, 3.63) is 59.9 Å². The minimum Gasteiger partial charge on any atom is -0.497 e. The number of nitrogens with zero attached hydrogens (tertiary/aromatic N) is 2. The number of nitrogens with one attached hydrogen (secondary N) is 1. The van der Waals surface area contributed by atoms with Gasteiger partial charge in [-0.1, -0.05) is 26.0 Å². The number of amides is 2. The molecular formula is C24H32FN3O5S. The van der Waals surface area contributed by atoms with Gasteiger partial charge in [0.05, 0.1) is 19.1 Å². The zero-order valence-electron chi connectivity index (χ0n) is 20.0. The predicted octanol–water partition coefficient (Wildman–Crippen LogP) is 2.93. The number of rotatable bonds is 12. The molecule has 8 nitrogen and oxygen atoms in total. The molecule has 186 valence electrons. The van der Waals surface area contributed by atoms with Crippen molar-refractivity contribution < 1.29 is 27.1 Å². The lowest BCUT2D eigenvalue weighted by Crippen LogP contribution is -2.52. The van der Waals surface area contributed by atoms with E-state index in [1.807, 2.05) is 6.92 Å². The standard InChI is InChI=1S/C24H32FN3O5S/c1-5-15-26-24(30)22(6-2)27(16-18-7-9-19(25)10-8-18)23(29)17-28(34(4,31)32)20-11-13-21(33-3)14-12-20/h7-14,22H,5-6,15-17H2,1-4H3,(H,26,30)/t22-/m0/s1. The van der Waals surface area contributed by atoms with Gasteiger partial charge in [0.25, 0.3) is 0 Å². The highest BCUT2D eigenvalue weighted by atomic mass is 32.2. The van der Waals surface area contributed by atoms with Crippen LogP contribution < -0.4 is 14.4 Å². The van der Waals surface area contributed by atoms with Crippen molar-refractivity contribution >= 4 is 27.5 Å². The zero-order valence-corrected chi connectivity index (χ0v) is 20.8. The van der Waals surface area contributed by atoms with Crippen LogP contribution in [-0.2, 0) is 26.2 Å². The second-order valence-corrected chi connectivity index (χ2v) is 9.74. The van der Waals surface area contributed by atoms with E-state index in [1.54, 1.807) is 31.2 Å². The van der Waals surface area contributed by atoms with Crippen molar-refractivity contribution in [2.24, 2.45) is 0 Å². The van der Waals surface area contributed by atoms with Gasteiger partial charge >= 0.3 is 0 Å². The molecule has 0 spiro atoms. The molecule has 2 rings (SSSR count). The smallest absolute Gasteiger partial charge is 0.244 e. The first-order valence-corrected chi connectivity index (χ1v) is 12.9. The molecule has 0 bridgehead atoms. The normalized spacial score (nSPS) is 12.0. The van der Waals surface area contributed by atoms with Crippen LogP contribution in [0.15, 0.2) is 48.5 Å². The number of hydrogen-bond donors (Lipinski definition) is 1. The second-order valence-electron chi connectivity index (χ2n) is 7.83. The first kappa shape index (κ1) is 27.1. The number of hydrogen-bond acceptors (Lipinski definition) is 5. The summed E-state index contributed by atoms with van der Waals surface area (Å²) in [4.78, 5) is 27.7. The van der Waals surface area contributed by atoms with Crippen LogP contribution in [0.5, 0.6) is 5.75 Å². The van der Waals surface area contributed by atoms with E-state index in [9.17, 15) is 22.4 Å². The van der Waals surface area contributed by atoms with Gasteiger partial charge in [-0.2, -0.15) is 0 Å². The number of ether oxygens (including phenoxy) is 1. The highest BCUT2D eigenvalue weighted by Gasteiger charge is 2.31. The summed E-state index contributed by atoms with van der Waals surface area (Å²) < 4.78 is 44.6. The summed E-state index contributed by atoms with van der Waals surface area (Å²) in [5.74, 6) is -0.753. The maximum Gasteiger partial charge on any atom is 0.244 e. The van der Waals surface area contributed by atoms with Crippen LogP contribution in [0.25, 0.3) is 0 Å². The monoisotopic (exact) mass is 493 g/mol. The average Bonchev–Trinajstić information content (AvgIpc) is 2.81. The number of carbonyl (C=O) groups is 2. The molecule has 1 atom stereocenters. The number of sulfonamides is 1. The molecule has 0 aromatic heterocycles. The zero-order chi connectivity index (χ0) is 25.3. The number of anilines is 1. The fourth-order valence-corrected chi connectivity index (χ4v) is 4.28. The lowest BCUT2D eigenvalue weighted by Gasteiger charge is -2.32. The Morgan fingerprint density at radius 3 is 2.18 bits per heavy atom. The van der Waals surface area contributed by atoms with E-state index in [0.29, 0.717) is 30.0 Å². The molecule has 0 aliphatic heterocycles. The molecule has 0 saturated carbocycles. The van der Waals surface area contributed by atoms with Crippen LogP contribution in [0, 0.1) is 5.82 Å². The summed E-state index contributed by atoms with van der Waals surface area (Å²) in [6, 6.07) is 11.1. The van der Waals surface area contributed by atoms with Crippen LogP contribution >= 0.6 is 0 Å². The topological polar surface area (TPSA) is 96.0 Å². The Hall–Kier alpha value is -3.14. The van der Waals surface area contributed by atoms with Gasteiger partial charge in [-0.05, 0) is 54.8 Å². The number of methoxy groups -OCH3 is 1. The molecular weight excluding hydrogens is 461 g/mol. The van der Waals surface area contributed by atoms with Gasteiger partial charge < -0.3 is 15.0 Å². The molecule has 0 aliphatic carbocycles. The minimum absolute atomic E-state index is 0.0252. The Labute approximate surface area is 200 Å². The summed E-state index contributed by atoms with van der Waals surface area (Å²) in [7, 11) is -2.32. The van der Waals surface area contributed by atoms with Crippen molar-refractivity contribution in [2.75, 3.05) is 30.8 Å². The van der Waals surface area contributed by atoms with E-state index in [4.69, 9.17) is 4.74 Å². The molecule has 10 heteroatoms. The van der Waals surface area contributed by atoms with Crippen LogP contribution in [0.4, 0.5) is 10.1 Å². The lowest BCUT2D eigenvalue weighted by atomic mass is 10.1. The molecule has 2 aromatic carbocycles. The number of carbonyl (C=O) groups excluding carboxylic acids is 2. The summed E-state index contributed by atoms with van der Waals surface area (Å²) in [5, 5.41) is 2.80. The molecule has 0 fully saturated rings. The van der Waals surface area contributed by atoms with Crippen LogP contribution in [-0.4, -0.2) is 57.6 Å². The third-order valence-corrected chi connectivity index (χ3v) is 6.38. The Kier molecular flexibility index (Phi) is 9.85. The summed E-state index contributed by atoms with van der Waals surface area (Å²) >= 11 is 0. The maximum atomic E-state index is 13.5. The quantitative estimate of drug-likeness (QED) is 0.491. The van der Waals surface area contributed by atoms with Crippen molar-refractivity contribution in [2.45, 2.75) is 39.3 Å². The summed E-state index contributed by atoms with van der Waals surface area (Å²) in [6.07, 6.45) is 2.07. The number of halogens is 1. The fourth-order valence-electron chi connectivity index (χ4n) is 3.43. The molecule has 34 heavy (non-hydrogen) atoms. The first-order valence-electron chi connectivity index (χ1n) is 11.0. The van der Waals surface area contributed by atoms with E-state index in [1.165, 1.54) is 36.3 Å². The van der Waals surface area contributed by atoms with Gasteiger partial charge in [-0.15, -0.1) is 0 Å². The molecule has 2 aromatic rings.